The van der Waals surface area contributed by atoms with Crippen molar-refractivity contribution < 1.29 is 18.7 Å². The Kier molecular flexibility index (Phi) is 5.48. The van der Waals surface area contributed by atoms with Gasteiger partial charge in [-0.05, 0) is 36.6 Å². The van der Waals surface area contributed by atoms with Gasteiger partial charge in [0.05, 0.1) is 13.2 Å². The number of morpholine rings is 1. The van der Waals surface area contributed by atoms with Crippen molar-refractivity contribution >= 4 is 11.8 Å². The summed E-state index contributed by atoms with van der Waals surface area (Å²) in [6.45, 7) is 6.21. The Morgan fingerprint density at radius 1 is 1.12 bits per heavy atom. The predicted octanol–water partition coefficient (Wildman–Crippen LogP) is 2.15. The second kappa shape index (κ2) is 7.78. The number of rotatable bonds is 3. The molecule has 2 saturated heterocycles. The third-order valence-corrected chi connectivity index (χ3v) is 4.95. The minimum absolute atomic E-state index is 0.0548. The van der Waals surface area contributed by atoms with Gasteiger partial charge >= 0.3 is 0 Å². The fourth-order valence-corrected chi connectivity index (χ4v) is 3.46. The van der Waals surface area contributed by atoms with Crippen molar-refractivity contribution in [1.29, 1.82) is 0 Å². The zero-order chi connectivity index (χ0) is 17.8. The van der Waals surface area contributed by atoms with E-state index in [1.807, 2.05) is 4.90 Å². The smallest absolute Gasteiger partial charge is 0.245 e. The first-order valence-electron chi connectivity index (χ1n) is 8.65. The maximum Gasteiger partial charge on any atom is 0.245 e. The lowest BCUT2D eigenvalue weighted by Crippen LogP contribution is -2.48. The number of hydrogen-bond donors (Lipinski definition) is 0. The van der Waals surface area contributed by atoms with Crippen molar-refractivity contribution in [3.63, 3.8) is 0 Å². The highest BCUT2D eigenvalue weighted by atomic mass is 19.1. The number of carbonyl (C=O) groups excluding carboxylic acids is 2. The zero-order valence-electron chi connectivity index (χ0n) is 14.2. The Balaban J connectivity index is 1.58. The summed E-state index contributed by atoms with van der Waals surface area (Å²) in [5.41, 5.74) is 0.880. The van der Waals surface area contributed by atoms with Crippen LogP contribution >= 0.6 is 0 Å². The van der Waals surface area contributed by atoms with Crippen LogP contribution in [0.15, 0.2) is 36.9 Å². The van der Waals surface area contributed by atoms with Crippen LogP contribution < -0.4 is 0 Å². The number of piperidine rings is 1. The minimum Gasteiger partial charge on any atom is -0.370 e. The largest absolute Gasteiger partial charge is 0.370 e. The monoisotopic (exact) mass is 346 g/mol. The van der Waals surface area contributed by atoms with Crippen molar-refractivity contribution in [3.05, 3.63) is 48.3 Å². The normalized spacial score (nSPS) is 21.9. The van der Waals surface area contributed by atoms with E-state index in [0.717, 1.165) is 5.56 Å². The molecule has 0 radical (unpaired) electrons. The molecule has 134 valence electrons. The van der Waals surface area contributed by atoms with Gasteiger partial charge in [0.25, 0.3) is 0 Å². The summed E-state index contributed by atoms with van der Waals surface area (Å²) in [4.78, 5) is 28.0. The number of ether oxygens (including phenoxy) is 1. The molecule has 2 amide bonds. The van der Waals surface area contributed by atoms with E-state index < -0.39 is 0 Å². The Morgan fingerprint density at radius 3 is 2.44 bits per heavy atom. The topological polar surface area (TPSA) is 49.9 Å². The van der Waals surface area contributed by atoms with Crippen LogP contribution in [0.3, 0.4) is 0 Å². The van der Waals surface area contributed by atoms with E-state index in [2.05, 4.69) is 6.58 Å². The lowest BCUT2D eigenvalue weighted by atomic mass is 9.94. The van der Waals surface area contributed by atoms with E-state index >= 15 is 0 Å². The second-order valence-corrected chi connectivity index (χ2v) is 6.50. The maximum atomic E-state index is 13.1. The first-order chi connectivity index (χ1) is 12.1. The van der Waals surface area contributed by atoms with E-state index in [-0.39, 0.29) is 29.7 Å². The molecule has 1 aromatic carbocycles. The summed E-state index contributed by atoms with van der Waals surface area (Å²) in [7, 11) is 0. The van der Waals surface area contributed by atoms with Gasteiger partial charge in [-0.1, -0.05) is 18.7 Å². The van der Waals surface area contributed by atoms with Gasteiger partial charge in [-0.25, -0.2) is 4.39 Å². The molecule has 3 rings (SSSR count). The van der Waals surface area contributed by atoms with Crippen molar-refractivity contribution in [2.75, 3.05) is 32.8 Å². The van der Waals surface area contributed by atoms with Crippen LogP contribution in [-0.2, 0) is 14.3 Å². The van der Waals surface area contributed by atoms with Crippen LogP contribution in [0.2, 0.25) is 0 Å². The summed E-state index contributed by atoms with van der Waals surface area (Å²) in [6, 6.07) is 6.22. The molecule has 2 heterocycles. The average Bonchev–Trinajstić information content (AvgIpc) is 2.67. The zero-order valence-corrected chi connectivity index (χ0v) is 14.2. The Hall–Kier alpha value is -2.21. The van der Waals surface area contributed by atoms with Crippen LogP contribution in [0.1, 0.15) is 24.5 Å². The number of likely N-dealkylation sites (tertiary alicyclic amines) is 1. The van der Waals surface area contributed by atoms with Crippen LogP contribution in [0, 0.1) is 11.7 Å². The molecule has 2 aliphatic rings. The van der Waals surface area contributed by atoms with Gasteiger partial charge in [-0.3, -0.25) is 9.59 Å². The molecule has 0 bridgehead atoms. The minimum atomic E-state index is -0.284. The van der Waals surface area contributed by atoms with Gasteiger partial charge in [0.15, 0.2) is 0 Å². The van der Waals surface area contributed by atoms with E-state index in [1.165, 1.54) is 18.2 Å². The van der Waals surface area contributed by atoms with Gasteiger partial charge in [-0.2, -0.15) is 0 Å². The highest BCUT2D eigenvalue weighted by Crippen LogP contribution is 2.26. The molecule has 1 atom stereocenters. The Morgan fingerprint density at radius 2 is 1.80 bits per heavy atom. The summed E-state index contributed by atoms with van der Waals surface area (Å²) < 4.78 is 18.8. The number of hydrogen-bond acceptors (Lipinski definition) is 3. The molecular formula is C19H23FN2O3. The molecule has 0 spiro atoms. The first-order valence-corrected chi connectivity index (χ1v) is 8.65. The summed E-state index contributed by atoms with van der Waals surface area (Å²) in [5.74, 6) is -0.288. The molecule has 1 aromatic rings. The van der Waals surface area contributed by atoms with E-state index in [9.17, 15) is 14.0 Å². The van der Waals surface area contributed by atoms with Crippen molar-refractivity contribution in [3.8, 4) is 0 Å². The third-order valence-electron chi connectivity index (χ3n) is 4.95. The van der Waals surface area contributed by atoms with E-state index in [4.69, 9.17) is 4.74 Å². The van der Waals surface area contributed by atoms with Gasteiger partial charge in [0, 0.05) is 25.6 Å². The Labute approximate surface area is 147 Å². The predicted molar refractivity (Wildman–Crippen MR) is 91.2 cm³/mol. The van der Waals surface area contributed by atoms with Crippen LogP contribution in [0.5, 0.6) is 0 Å². The van der Waals surface area contributed by atoms with Gasteiger partial charge in [0.1, 0.15) is 11.9 Å². The molecule has 0 saturated carbocycles. The molecule has 1 unspecified atom stereocenters. The summed E-state index contributed by atoms with van der Waals surface area (Å²) in [6.07, 6.45) is 2.45. The quantitative estimate of drug-likeness (QED) is 0.788. The number of benzene rings is 1. The van der Waals surface area contributed by atoms with Crippen molar-refractivity contribution in [2.45, 2.75) is 18.9 Å². The average molecular weight is 346 g/mol. The number of halogens is 1. The molecule has 25 heavy (non-hydrogen) atoms. The second-order valence-electron chi connectivity index (χ2n) is 6.50. The van der Waals surface area contributed by atoms with Gasteiger partial charge in [-0.15, -0.1) is 0 Å². The number of nitrogens with zero attached hydrogens (tertiary/aromatic N) is 2. The molecule has 6 heteroatoms. The standard InChI is InChI=1S/C19H23FN2O3/c1-2-18(23)21-9-7-15(8-10-21)19(24)22-11-12-25-17(13-22)14-3-5-16(20)6-4-14/h2-6,15,17H,1,7-13H2. The lowest BCUT2D eigenvalue weighted by molar-refractivity contribution is -0.146. The fraction of sp³-hybridized carbons (Fsp3) is 0.474. The SMILES string of the molecule is C=CC(=O)N1CCC(C(=O)N2CCOC(c3ccc(F)cc3)C2)CC1. The van der Waals surface area contributed by atoms with E-state index in [1.54, 1.807) is 17.0 Å². The van der Waals surface area contributed by atoms with Gasteiger partial charge in [0.2, 0.25) is 11.8 Å². The molecule has 5 nitrogen and oxygen atoms in total. The highest BCUT2D eigenvalue weighted by molar-refractivity contribution is 5.87. The summed E-state index contributed by atoms with van der Waals surface area (Å²) >= 11 is 0. The number of carbonyl (C=O) groups is 2. The van der Waals surface area contributed by atoms with Crippen molar-refractivity contribution in [2.24, 2.45) is 5.92 Å². The van der Waals surface area contributed by atoms with Crippen molar-refractivity contribution in [1.82, 2.24) is 9.80 Å². The highest BCUT2D eigenvalue weighted by Gasteiger charge is 2.32. The van der Waals surface area contributed by atoms with Crippen LogP contribution in [0.25, 0.3) is 0 Å². The fourth-order valence-electron chi connectivity index (χ4n) is 3.46. The maximum absolute atomic E-state index is 13.1. The lowest BCUT2D eigenvalue weighted by Gasteiger charge is -2.37. The van der Waals surface area contributed by atoms with E-state index in [0.29, 0.717) is 45.6 Å². The molecule has 0 aromatic heterocycles. The Bertz CT molecular complexity index is 639. The van der Waals surface area contributed by atoms with Crippen LogP contribution in [-0.4, -0.2) is 54.4 Å². The molecule has 0 aliphatic carbocycles. The van der Waals surface area contributed by atoms with Crippen LogP contribution in [0.4, 0.5) is 4.39 Å². The summed E-state index contributed by atoms with van der Waals surface area (Å²) in [5, 5.41) is 0. The van der Waals surface area contributed by atoms with Gasteiger partial charge < -0.3 is 14.5 Å². The third kappa shape index (κ3) is 4.07. The molecule has 2 aliphatic heterocycles. The number of amides is 2. The molecule has 0 N–H and O–H groups in total. The molecular weight excluding hydrogens is 323 g/mol. The molecule has 2 fully saturated rings. The first kappa shape index (κ1) is 17.6.